The van der Waals surface area contributed by atoms with Gasteiger partial charge in [-0.25, -0.2) is 0 Å². The second-order valence-electron chi connectivity index (χ2n) is 8.21. The number of carbonyl (C=O) groups excluding carboxylic acids is 3. The minimum absolute atomic E-state index is 0.0852. The topological polar surface area (TPSA) is 130 Å². The third-order valence-corrected chi connectivity index (χ3v) is 6.42. The maximum Gasteiger partial charge on any atom is 0.335 e. The minimum Gasteiger partial charge on any atom is -0.438 e. The number of esters is 1. The molecule has 0 aromatic heterocycles. The number of ether oxygens (including phenoxy) is 3. The molecule has 1 heterocycles. The normalized spacial score (nSPS) is 20.7. The van der Waals surface area contributed by atoms with E-state index in [1.165, 1.54) is 31.3 Å². The van der Waals surface area contributed by atoms with Crippen molar-refractivity contribution in [2.24, 2.45) is 5.41 Å². The van der Waals surface area contributed by atoms with Crippen molar-refractivity contribution >= 4 is 25.9 Å². The Labute approximate surface area is 189 Å². The fourth-order valence-corrected chi connectivity index (χ4v) is 4.13. The van der Waals surface area contributed by atoms with Crippen molar-refractivity contribution in [2.45, 2.75) is 58.8 Å². The predicted octanol–water partition coefficient (Wildman–Crippen LogP) is 2.37. The van der Waals surface area contributed by atoms with E-state index in [4.69, 9.17) is 23.3 Å². The van der Waals surface area contributed by atoms with Crippen LogP contribution >= 0.6 is 7.60 Å². The minimum atomic E-state index is -3.55. The van der Waals surface area contributed by atoms with Crippen molar-refractivity contribution in [3.8, 4) is 0 Å². The predicted molar refractivity (Wildman–Crippen MR) is 115 cm³/mol. The van der Waals surface area contributed by atoms with Gasteiger partial charge in [0.05, 0.1) is 17.7 Å². The third kappa shape index (κ3) is 10.2. The molecule has 0 aromatic rings. The average Bonchev–Trinajstić information content (AvgIpc) is 3.20. The maximum atomic E-state index is 12.9. The van der Waals surface area contributed by atoms with Gasteiger partial charge < -0.3 is 19.5 Å². The number of nitrogens with zero attached hydrogens (tertiary/aromatic N) is 1. The number of amides is 2. The number of nitrogens with one attached hydrogen (secondary N) is 1. The van der Waals surface area contributed by atoms with E-state index in [2.05, 4.69) is 5.32 Å². The molecule has 12 heteroatoms. The smallest absolute Gasteiger partial charge is 0.335 e. The summed E-state index contributed by atoms with van der Waals surface area (Å²) in [5.41, 5.74) is -0.706. The van der Waals surface area contributed by atoms with E-state index >= 15 is 0 Å². The van der Waals surface area contributed by atoms with Crippen molar-refractivity contribution in [1.29, 1.82) is 0 Å². The molecule has 1 rings (SSSR count). The second-order valence-corrected chi connectivity index (χ2v) is 10.4. The monoisotopic (exact) mass is 478 g/mol. The molecule has 0 radical (unpaired) electrons. The number of hydrogen-bond acceptors (Lipinski definition) is 9. The van der Waals surface area contributed by atoms with Crippen molar-refractivity contribution in [1.82, 2.24) is 10.2 Å². The quantitative estimate of drug-likeness (QED) is 0.131. The van der Waals surface area contributed by atoms with Crippen LogP contribution in [0.25, 0.3) is 0 Å². The Balaban J connectivity index is 2.51. The lowest BCUT2D eigenvalue weighted by Crippen LogP contribution is -2.30. The Hall–Kier alpha value is -1.78. The van der Waals surface area contributed by atoms with Crippen molar-refractivity contribution in [3.63, 3.8) is 0 Å². The van der Waals surface area contributed by atoms with E-state index in [-0.39, 0.29) is 25.0 Å². The van der Waals surface area contributed by atoms with Crippen LogP contribution in [0.4, 0.5) is 0 Å². The van der Waals surface area contributed by atoms with E-state index in [1.807, 2.05) is 0 Å². The second kappa shape index (κ2) is 13.7. The Morgan fingerprint density at radius 1 is 1.22 bits per heavy atom. The van der Waals surface area contributed by atoms with Crippen molar-refractivity contribution in [3.05, 3.63) is 12.3 Å². The zero-order valence-corrected chi connectivity index (χ0v) is 20.3. The van der Waals surface area contributed by atoms with Gasteiger partial charge in [0.1, 0.15) is 6.23 Å². The zero-order chi connectivity index (χ0) is 24.2. The van der Waals surface area contributed by atoms with Crippen molar-refractivity contribution in [2.75, 3.05) is 33.9 Å². The van der Waals surface area contributed by atoms with Gasteiger partial charge in [-0.3, -0.25) is 32.9 Å². The summed E-state index contributed by atoms with van der Waals surface area (Å²) in [5, 5.41) is 2.43. The summed E-state index contributed by atoms with van der Waals surface area (Å²) in [6, 6.07) is 0. The summed E-state index contributed by atoms with van der Waals surface area (Å²) in [4.78, 5) is 35.8. The lowest BCUT2D eigenvalue weighted by Gasteiger charge is -2.22. The van der Waals surface area contributed by atoms with E-state index in [9.17, 15) is 18.9 Å². The van der Waals surface area contributed by atoms with Gasteiger partial charge in [0.2, 0.25) is 19.1 Å². The fraction of sp³-hybridized carbons (Fsp3) is 0.750. The zero-order valence-electron chi connectivity index (χ0n) is 19.4. The molecule has 0 aliphatic carbocycles. The van der Waals surface area contributed by atoms with Crippen LogP contribution < -0.4 is 5.32 Å². The molecule has 1 aliphatic rings. The summed E-state index contributed by atoms with van der Waals surface area (Å²) in [7, 11) is -0.656. The molecule has 184 valence electrons. The average molecular weight is 478 g/mol. The fourth-order valence-electron chi connectivity index (χ4n) is 2.74. The largest absolute Gasteiger partial charge is 0.438 e. The molecular weight excluding hydrogens is 443 g/mol. The molecule has 1 aliphatic heterocycles. The lowest BCUT2D eigenvalue weighted by atomic mass is 9.98. The van der Waals surface area contributed by atoms with Crippen LogP contribution in [-0.2, 0) is 42.2 Å². The van der Waals surface area contributed by atoms with E-state index in [1.54, 1.807) is 20.8 Å². The molecule has 0 spiro atoms. The van der Waals surface area contributed by atoms with E-state index in [0.717, 1.165) is 0 Å². The Morgan fingerprint density at radius 3 is 2.50 bits per heavy atom. The molecule has 1 saturated heterocycles. The first-order chi connectivity index (χ1) is 15.0. The standard InChI is InChI=1S/C20H35N2O9P/c1-20(2,3)19(25)28-15-30-32(26,29-14-27-5)12-6-7-16-8-9-18(31-16)22(13-23)11-10-17(24)21-4/h10-11,13,16,18H,6-9,12,14-15H2,1-5H3,(H,21,24)/b11-10-. The summed E-state index contributed by atoms with van der Waals surface area (Å²) in [6.45, 7) is 4.39. The van der Waals surface area contributed by atoms with Gasteiger partial charge in [-0.2, -0.15) is 0 Å². The van der Waals surface area contributed by atoms with Crippen LogP contribution in [0.5, 0.6) is 0 Å². The van der Waals surface area contributed by atoms with Crippen LogP contribution in [-0.4, -0.2) is 69.4 Å². The van der Waals surface area contributed by atoms with Crippen LogP contribution in [0.15, 0.2) is 12.3 Å². The number of hydrogen-bond donors (Lipinski definition) is 1. The molecule has 3 atom stereocenters. The molecule has 11 nitrogen and oxygen atoms in total. The van der Waals surface area contributed by atoms with Gasteiger partial charge in [0, 0.05) is 26.4 Å². The molecule has 32 heavy (non-hydrogen) atoms. The number of rotatable bonds is 14. The van der Waals surface area contributed by atoms with Crippen molar-refractivity contribution < 1.29 is 42.2 Å². The molecule has 1 N–H and O–H groups in total. The number of methoxy groups -OCH3 is 1. The molecule has 0 aromatic carbocycles. The molecule has 0 saturated carbocycles. The first kappa shape index (κ1) is 28.3. The van der Waals surface area contributed by atoms with E-state index < -0.39 is 32.0 Å². The molecule has 2 amide bonds. The van der Waals surface area contributed by atoms with E-state index in [0.29, 0.717) is 32.1 Å². The summed E-state index contributed by atoms with van der Waals surface area (Å²) in [6.07, 6.45) is 5.03. The van der Waals surface area contributed by atoms with Crippen LogP contribution in [0.3, 0.4) is 0 Å². The first-order valence-electron chi connectivity index (χ1n) is 10.4. The van der Waals surface area contributed by atoms with Gasteiger partial charge in [-0.15, -0.1) is 0 Å². The molecule has 3 unspecified atom stereocenters. The molecular formula is C20H35N2O9P. The first-order valence-corrected chi connectivity index (χ1v) is 12.1. The summed E-state index contributed by atoms with van der Waals surface area (Å²) < 4.78 is 39.1. The van der Waals surface area contributed by atoms with Crippen LogP contribution in [0, 0.1) is 5.41 Å². The Kier molecular flexibility index (Phi) is 12.1. The Morgan fingerprint density at radius 2 is 1.91 bits per heavy atom. The van der Waals surface area contributed by atoms with Crippen LogP contribution in [0.1, 0.15) is 46.5 Å². The molecule has 1 fully saturated rings. The number of carbonyl (C=O) groups is 3. The highest BCUT2D eigenvalue weighted by molar-refractivity contribution is 7.53. The summed E-state index contributed by atoms with van der Waals surface area (Å²) >= 11 is 0. The molecule has 0 bridgehead atoms. The Bertz CT molecular complexity index is 693. The highest BCUT2D eigenvalue weighted by Gasteiger charge is 2.31. The SMILES string of the molecule is CNC(=O)/C=C\N(C=O)C1CCC(CCCP(=O)(OCOC)OCOC(=O)C(C)(C)C)O1. The summed E-state index contributed by atoms with van der Waals surface area (Å²) in [5.74, 6) is -0.808. The van der Waals surface area contributed by atoms with Gasteiger partial charge in [0.25, 0.3) is 0 Å². The highest BCUT2D eigenvalue weighted by atomic mass is 31.2. The van der Waals surface area contributed by atoms with Gasteiger partial charge >= 0.3 is 13.6 Å². The van der Waals surface area contributed by atoms with Crippen LogP contribution in [0.2, 0.25) is 0 Å². The lowest BCUT2D eigenvalue weighted by molar-refractivity contribution is -0.160. The van der Waals surface area contributed by atoms with Gasteiger partial charge in [0.15, 0.2) is 6.79 Å². The third-order valence-electron chi connectivity index (χ3n) is 4.56. The number of likely N-dealkylation sites (N-methyl/N-ethyl adjacent to an activating group) is 1. The van der Waals surface area contributed by atoms with Gasteiger partial charge in [-0.05, 0) is 46.5 Å². The maximum absolute atomic E-state index is 12.9. The highest BCUT2D eigenvalue weighted by Crippen LogP contribution is 2.49. The van der Waals surface area contributed by atoms with Gasteiger partial charge in [-0.1, -0.05) is 0 Å².